The van der Waals surface area contributed by atoms with Crippen molar-refractivity contribution in [2.24, 2.45) is 0 Å². The number of aldehydes is 1. The van der Waals surface area contributed by atoms with E-state index in [0.29, 0.717) is 6.42 Å². The van der Waals surface area contributed by atoms with Crippen LogP contribution in [0.3, 0.4) is 0 Å². The van der Waals surface area contributed by atoms with E-state index in [0.717, 1.165) is 23.1 Å². The van der Waals surface area contributed by atoms with E-state index < -0.39 is 0 Å². The standard InChI is InChI=1S/C13H10FNO/c14-12-3-1-11(2-4-12)13-9-10(6-8-16)5-7-15-13/h1-5,7-9H,6H2. The molecule has 2 rings (SSSR count). The Hall–Kier alpha value is -2.03. The summed E-state index contributed by atoms with van der Waals surface area (Å²) in [6.45, 7) is 0. The van der Waals surface area contributed by atoms with Crippen LogP contribution < -0.4 is 0 Å². The summed E-state index contributed by atoms with van der Waals surface area (Å²) in [6, 6.07) is 9.75. The number of benzene rings is 1. The highest BCUT2D eigenvalue weighted by Gasteiger charge is 2.00. The van der Waals surface area contributed by atoms with Crippen molar-refractivity contribution in [3.8, 4) is 11.3 Å². The van der Waals surface area contributed by atoms with Crippen molar-refractivity contribution in [2.45, 2.75) is 6.42 Å². The molecule has 0 aliphatic rings. The van der Waals surface area contributed by atoms with Gasteiger partial charge >= 0.3 is 0 Å². The number of pyridine rings is 1. The van der Waals surface area contributed by atoms with Crippen LogP contribution in [0.4, 0.5) is 4.39 Å². The summed E-state index contributed by atoms with van der Waals surface area (Å²) in [6.07, 6.45) is 2.87. The number of rotatable bonds is 3. The fourth-order valence-electron chi connectivity index (χ4n) is 1.48. The quantitative estimate of drug-likeness (QED) is 0.737. The first-order chi connectivity index (χ1) is 7.79. The van der Waals surface area contributed by atoms with E-state index in [4.69, 9.17) is 0 Å². The van der Waals surface area contributed by atoms with Crippen LogP contribution in [-0.4, -0.2) is 11.3 Å². The summed E-state index contributed by atoms with van der Waals surface area (Å²) >= 11 is 0. The summed E-state index contributed by atoms with van der Waals surface area (Å²) < 4.78 is 12.7. The fourth-order valence-corrected chi connectivity index (χ4v) is 1.48. The Morgan fingerprint density at radius 2 is 1.94 bits per heavy atom. The van der Waals surface area contributed by atoms with Gasteiger partial charge in [-0.25, -0.2) is 4.39 Å². The van der Waals surface area contributed by atoms with Crippen LogP contribution in [0, 0.1) is 5.82 Å². The topological polar surface area (TPSA) is 30.0 Å². The highest BCUT2D eigenvalue weighted by atomic mass is 19.1. The van der Waals surface area contributed by atoms with Gasteiger partial charge in [-0.15, -0.1) is 0 Å². The molecule has 0 radical (unpaired) electrons. The van der Waals surface area contributed by atoms with Crippen LogP contribution in [0.1, 0.15) is 5.56 Å². The third-order valence-corrected chi connectivity index (χ3v) is 2.28. The third-order valence-electron chi connectivity index (χ3n) is 2.28. The minimum Gasteiger partial charge on any atom is -0.303 e. The van der Waals surface area contributed by atoms with E-state index >= 15 is 0 Å². The number of aromatic nitrogens is 1. The zero-order valence-electron chi connectivity index (χ0n) is 8.56. The molecule has 2 nitrogen and oxygen atoms in total. The molecule has 16 heavy (non-hydrogen) atoms. The maximum Gasteiger partial charge on any atom is 0.124 e. The Morgan fingerprint density at radius 1 is 1.19 bits per heavy atom. The molecule has 0 atom stereocenters. The number of halogens is 1. The molecule has 0 spiro atoms. The molecule has 0 bridgehead atoms. The lowest BCUT2D eigenvalue weighted by atomic mass is 10.1. The summed E-state index contributed by atoms with van der Waals surface area (Å²) in [5.41, 5.74) is 2.50. The summed E-state index contributed by atoms with van der Waals surface area (Å²) in [5, 5.41) is 0. The van der Waals surface area contributed by atoms with Gasteiger partial charge in [0, 0.05) is 18.2 Å². The monoisotopic (exact) mass is 215 g/mol. The molecule has 1 aromatic heterocycles. The molecule has 2 aromatic rings. The van der Waals surface area contributed by atoms with Crippen LogP contribution in [-0.2, 0) is 11.2 Å². The first-order valence-corrected chi connectivity index (χ1v) is 4.94. The molecule has 0 amide bonds. The first-order valence-electron chi connectivity index (χ1n) is 4.94. The van der Waals surface area contributed by atoms with E-state index in [1.165, 1.54) is 12.1 Å². The van der Waals surface area contributed by atoms with Gasteiger partial charge in [0.1, 0.15) is 12.1 Å². The Balaban J connectivity index is 2.36. The number of carbonyl (C=O) groups is 1. The highest BCUT2D eigenvalue weighted by molar-refractivity contribution is 5.62. The second kappa shape index (κ2) is 4.66. The van der Waals surface area contributed by atoms with Gasteiger partial charge in [-0.2, -0.15) is 0 Å². The number of carbonyl (C=O) groups excluding carboxylic acids is 1. The smallest absolute Gasteiger partial charge is 0.124 e. The average Bonchev–Trinajstić information content (AvgIpc) is 2.31. The Labute approximate surface area is 92.8 Å². The second-order valence-corrected chi connectivity index (χ2v) is 3.43. The zero-order valence-corrected chi connectivity index (χ0v) is 8.56. The normalized spacial score (nSPS) is 10.1. The van der Waals surface area contributed by atoms with Crippen molar-refractivity contribution in [3.05, 3.63) is 54.0 Å². The lowest BCUT2D eigenvalue weighted by Crippen LogP contribution is -1.89. The Morgan fingerprint density at radius 3 is 2.62 bits per heavy atom. The summed E-state index contributed by atoms with van der Waals surface area (Å²) in [5.74, 6) is -0.271. The van der Waals surface area contributed by atoms with Crippen LogP contribution in [0.15, 0.2) is 42.6 Å². The van der Waals surface area contributed by atoms with E-state index in [1.54, 1.807) is 24.4 Å². The molecule has 80 valence electrons. The molecule has 0 aliphatic heterocycles. The maximum absolute atomic E-state index is 12.7. The van der Waals surface area contributed by atoms with Crippen molar-refractivity contribution in [3.63, 3.8) is 0 Å². The van der Waals surface area contributed by atoms with Crippen molar-refractivity contribution in [2.75, 3.05) is 0 Å². The Kier molecular flexibility index (Phi) is 3.05. The predicted octanol–water partition coefficient (Wildman–Crippen LogP) is 2.63. The van der Waals surface area contributed by atoms with Gasteiger partial charge in [-0.3, -0.25) is 4.98 Å². The minimum absolute atomic E-state index is 0.271. The van der Waals surface area contributed by atoms with Gasteiger partial charge in [0.15, 0.2) is 0 Å². The van der Waals surface area contributed by atoms with Crippen molar-refractivity contribution >= 4 is 6.29 Å². The molecular formula is C13H10FNO. The van der Waals surface area contributed by atoms with Crippen LogP contribution >= 0.6 is 0 Å². The fraction of sp³-hybridized carbons (Fsp3) is 0.0769. The predicted molar refractivity (Wildman–Crippen MR) is 59.4 cm³/mol. The van der Waals surface area contributed by atoms with Gasteiger partial charge in [-0.05, 0) is 42.0 Å². The molecule has 1 heterocycles. The average molecular weight is 215 g/mol. The number of nitrogens with zero attached hydrogens (tertiary/aromatic N) is 1. The Bertz CT molecular complexity index is 494. The molecule has 0 aliphatic carbocycles. The SMILES string of the molecule is O=CCc1ccnc(-c2ccc(F)cc2)c1. The lowest BCUT2D eigenvalue weighted by molar-refractivity contribution is -0.107. The first kappa shape index (κ1) is 10.5. The maximum atomic E-state index is 12.7. The lowest BCUT2D eigenvalue weighted by Gasteiger charge is -2.02. The van der Waals surface area contributed by atoms with E-state index in [9.17, 15) is 9.18 Å². The van der Waals surface area contributed by atoms with Crippen molar-refractivity contribution < 1.29 is 9.18 Å². The van der Waals surface area contributed by atoms with Gasteiger partial charge in [0.25, 0.3) is 0 Å². The van der Waals surface area contributed by atoms with Gasteiger partial charge in [-0.1, -0.05) is 0 Å². The van der Waals surface area contributed by atoms with Crippen LogP contribution in [0.5, 0.6) is 0 Å². The largest absolute Gasteiger partial charge is 0.303 e. The molecule has 0 saturated heterocycles. The molecule has 0 N–H and O–H groups in total. The van der Waals surface area contributed by atoms with E-state index in [1.807, 2.05) is 6.07 Å². The third kappa shape index (κ3) is 2.31. The van der Waals surface area contributed by atoms with E-state index in [2.05, 4.69) is 4.98 Å². The molecule has 1 aromatic carbocycles. The van der Waals surface area contributed by atoms with Crippen LogP contribution in [0.25, 0.3) is 11.3 Å². The van der Waals surface area contributed by atoms with Crippen molar-refractivity contribution in [1.29, 1.82) is 0 Å². The summed E-state index contributed by atoms with van der Waals surface area (Å²) in [7, 11) is 0. The number of hydrogen-bond acceptors (Lipinski definition) is 2. The molecule has 0 unspecified atom stereocenters. The minimum atomic E-state index is -0.271. The zero-order chi connectivity index (χ0) is 11.4. The molecule has 0 fully saturated rings. The van der Waals surface area contributed by atoms with E-state index in [-0.39, 0.29) is 5.82 Å². The number of hydrogen-bond donors (Lipinski definition) is 0. The van der Waals surface area contributed by atoms with Gasteiger partial charge < -0.3 is 4.79 Å². The van der Waals surface area contributed by atoms with Gasteiger partial charge in [0.05, 0.1) is 5.69 Å². The van der Waals surface area contributed by atoms with Gasteiger partial charge in [0.2, 0.25) is 0 Å². The van der Waals surface area contributed by atoms with Crippen LogP contribution in [0.2, 0.25) is 0 Å². The molecule has 3 heteroatoms. The molecule has 0 saturated carbocycles. The summed E-state index contributed by atoms with van der Waals surface area (Å²) in [4.78, 5) is 14.6. The highest BCUT2D eigenvalue weighted by Crippen LogP contribution is 2.18. The molecular weight excluding hydrogens is 205 g/mol. The van der Waals surface area contributed by atoms with Crippen molar-refractivity contribution in [1.82, 2.24) is 4.98 Å². The second-order valence-electron chi connectivity index (χ2n) is 3.43.